The molecule has 0 bridgehead atoms. The molecule has 118 valence electrons. The topological polar surface area (TPSA) is 18.8 Å². The second kappa shape index (κ2) is 5.12. The summed E-state index contributed by atoms with van der Waals surface area (Å²) in [6.07, 6.45) is 1.27. The van der Waals surface area contributed by atoms with Gasteiger partial charge in [0.25, 0.3) is 0 Å². The van der Waals surface area contributed by atoms with Crippen LogP contribution in [0, 0.1) is 0 Å². The molecule has 2 heterocycles. The molecule has 0 fully saturated rings. The number of anilines is 1. The molecule has 1 unspecified atom stereocenters. The lowest BCUT2D eigenvalue weighted by atomic mass is 9.89. The number of nitrogens with zero attached hydrogens (tertiary/aromatic N) is 3. The number of aryl methyl sites for hydroxylation is 1. The standard InChI is InChI=1S/C20H23N3/c1-5-15-9-8-12-17-16-10-6-7-11-18(16)20-21-23(13(2)3)14(4)22(20)19(15)17/h6-14H,5H2,1-4H3. The maximum atomic E-state index is 4.98. The minimum Gasteiger partial charge on any atom is -0.301 e. The van der Waals surface area contributed by atoms with E-state index in [0.29, 0.717) is 6.04 Å². The van der Waals surface area contributed by atoms with Crippen molar-refractivity contribution in [3.63, 3.8) is 0 Å². The fraction of sp³-hybridized carbons (Fsp3) is 0.350. The van der Waals surface area contributed by atoms with Crippen LogP contribution < -0.4 is 4.90 Å². The number of hydrazone groups is 1. The summed E-state index contributed by atoms with van der Waals surface area (Å²) in [6.45, 7) is 8.89. The van der Waals surface area contributed by atoms with E-state index in [0.717, 1.165) is 12.3 Å². The van der Waals surface area contributed by atoms with E-state index in [-0.39, 0.29) is 6.17 Å². The van der Waals surface area contributed by atoms with Gasteiger partial charge >= 0.3 is 0 Å². The average Bonchev–Trinajstić information content (AvgIpc) is 2.92. The first-order valence-corrected chi connectivity index (χ1v) is 8.51. The number of para-hydroxylation sites is 1. The van der Waals surface area contributed by atoms with Gasteiger partial charge in [-0.05, 0) is 38.3 Å². The molecule has 2 aliphatic heterocycles. The van der Waals surface area contributed by atoms with Gasteiger partial charge < -0.3 is 4.90 Å². The van der Waals surface area contributed by atoms with Gasteiger partial charge in [0.1, 0.15) is 6.17 Å². The van der Waals surface area contributed by atoms with Gasteiger partial charge in [-0.1, -0.05) is 49.4 Å². The molecular weight excluding hydrogens is 282 g/mol. The Hall–Kier alpha value is -2.29. The molecule has 3 heteroatoms. The van der Waals surface area contributed by atoms with Gasteiger partial charge in [0.2, 0.25) is 0 Å². The predicted octanol–water partition coefficient (Wildman–Crippen LogP) is 4.47. The minimum absolute atomic E-state index is 0.241. The molecule has 0 saturated carbocycles. The van der Waals surface area contributed by atoms with Crippen molar-refractivity contribution >= 4 is 11.5 Å². The van der Waals surface area contributed by atoms with Crippen LogP contribution in [0.25, 0.3) is 11.1 Å². The van der Waals surface area contributed by atoms with Crippen LogP contribution in [0.4, 0.5) is 5.69 Å². The number of amidine groups is 1. The largest absolute Gasteiger partial charge is 0.301 e. The van der Waals surface area contributed by atoms with E-state index < -0.39 is 0 Å². The molecule has 0 radical (unpaired) electrons. The van der Waals surface area contributed by atoms with Gasteiger partial charge in [-0.15, -0.1) is 0 Å². The summed E-state index contributed by atoms with van der Waals surface area (Å²) in [6, 6.07) is 15.7. The first-order valence-electron chi connectivity index (χ1n) is 8.51. The van der Waals surface area contributed by atoms with Gasteiger partial charge in [-0.25, -0.2) is 0 Å². The Bertz CT molecular complexity index is 791. The van der Waals surface area contributed by atoms with Crippen LogP contribution in [0.2, 0.25) is 0 Å². The minimum atomic E-state index is 0.241. The van der Waals surface area contributed by atoms with Crippen LogP contribution in [-0.4, -0.2) is 23.1 Å². The molecule has 0 saturated heterocycles. The van der Waals surface area contributed by atoms with Crippen molar-refractivity contribution in [2.75, 3.05) is 4.90 Å². The smallest absolute Gasteiger partial charge is 0.162 e. The molecule has 0 spiro atoms. The lowest BCUT2D eigenvalue weighted by molar-refractivity contribution is 0.196. The predicted molar refractivity (Wildman–Crippen MR) is 96.7 cm³/mol. The Kier molecular flexibility index (Phi) is 3.19. The highest BCUT2D eigenvalue weighted by Crippen LogP contribution is 2.45. The summed E-state index contributed by atoms with van der Waals surface area (Å²) < 4.78 is 0. The van der Waals surface area contributed by atoms with Crippen LogP contribution in [0.1, 0.15) is 38.8 Å². The van der Waals surface area contributed by atoms with Gasteiger partial charge in [-0.3, -0.25) is 5.01 Å². The molecule has 1 atom stereocenters. The number of hydrogen-bond donors (Lipinski definition) is 0. The molecule has 23 heavy (non-hydrogen) atoms. The molecule has 0 N–H and O–H groups in total. The molecule has 0 amide bonds. The zero-order chi connectivity index (χ0) is 16.1. The van der Waals surface area contributed by atoms with E-state index in [9.17, 15) is 0 Å². The zero-order valence-electron chi connectivity index (χ0n) is 14.2. The third-order valence-corrected chi connectivity index (χ3v) is 4.92. The molecule has 4 rings (SSSR count). The van der Waals surface area contributed by atoms with Crippen molar-refractivity contribution in [3.05, 3.63) is 53.6 Å². The van der Waals surface area contributed by atoms with Crippen molar-refractivity contribution < 1.29 is 0 Å². The van der Waals surface area contributed by atoms with E-state index in [1.54, 1.807) is 0 Å². The highest BCUT2D eigenvalue weighted by atomic mass is 15.6. The quantitative estimate of drug-likeness (QED) is 0.815. The lowest BCUT2D eigenvalue weighted by Crippen LogP contribution is -2.44. The summed E-state index contributed by atoms with van der Waals surface area (Å²) in [5.41, 5.74) is 6.59. The fourth-order valence-electron chi connectivity index (χ4n) is 3.85. The van der Waals surface area contributed by atoms with Crippen LogP contribution in [-0.2, 0) is 6.42 Å². The van der Waals surface area contributed by atoms with E-state index >= 15 is 0 Å². The number of hydrogen-bond acceptors (Lipinski definition) is 3. The zero-order valence-corrected chi connectivity index (χ0v) is 14.2. The summed E-state index contributed by atoms with van der Waals surface area (Å²) >= 11 is 0. The van der Waals surface area contributed by atoms with Crippen molar-refractivity contribution in [3.8, 4) is 11.1 Å². The summed E-state index contributed by atoms with van der Waals surface area (Å²) in [5, 5.41) is 7.20. The first kappa shape index (κ1) is 14.3. The summed E-state index contributed by atoms with van der Waals surface area (Å²) in [4.78, 5) is 2.43. The molecule has 2 aliphatic rings. The van der Waals surface area contributed by atoms with Crippen LogP contribution in [0.5, 0.6) is 0 Å². The van der Waals surface area contributed by atoms with E-state index in [2.05, 4.69) is 80.1 Å². The maximum Gasteiger partial charge on any atom is 0.162 e. The van der Waals surface area contributed by atoms with E-state index in [1.807, 2.05) is 0 Å². The SMILES string of the molecule is CCc1cccc2c1N1C(=NN(C(C)C)C1C)c1ccccc1-2. The van der Waals surface area contributed by atoms with Gasteiger partial charge in [0.15, 0.2) is 5.84 Å². The highest BCUT2D eigenvalue weighted by Gasteiger charge is 2.39. The van der Waals surface area contributed by atoms with E-state index in [4.69, 9.17) is 5.10 Å². The van der Waals surface area contributed by atoms with E-state index in [1.165, 1.54) is 27.9 Å². The Morgan fingerprint density at radius 1 is 1.00 bits per heavy atom. The third-order valence-electron chi connectivity index (χ3n) is 4.92. The monoisotopic (exact) mass is 305 g/mol. The molecule has 2 aromatic carbocycles. The molecule has 0 aromatic heterocycles. The molecule has 2 aromatic rings. The fourth-order valence-corrected chi connectivity index (χ4v) is 3.85. The number of benzene rings is 2. The normalized spacial score (nSPS) is 18.7. The second-order valence-corrected chi connectivity index (χ2v) is 6.61. The van der Waals surface area contributed by atoms with Gasteiger partial charge in [0.05, 0.1) is 5.69 Å². The Morgan fingerprint density at radius 2 is 1.70 bits per heavy atom. The van der Waals surface area contributed by atoms with Crippen molar-refractivity contribution in [2.24, 2.45) is 5.10 Å². The maximum absolute atomic E-state index is 4.98. The van der Waals surface area contributed by atoms with Gasteiger partial charge in [-0.2, -0.15) is 5.10 Å². The van der Waals surface area contributed by atoms with Crippen LogP contribution in [0.3, 0.4) is 0 Å². The van der Waals surface area contributed by atoms with Crippen molar-refractivity contribution in [1.29, 1.82) is 0 Å². The number of rotatable bonds is 2. The van der Waals surface area contributed by atoms with Crippen molar-refractivity contribution in [1.82, 2.24) is 5.01 Å². The Labute approximate surface area is 138 Å². The molecule has 3 nitrogen and oxygen atoms in total. The molecular formula is C20H23N3. The lowest BCUT2D eigenvalue weighted by Gasteiger charge is -2.36. The summed E-state index contributed by atoms with van der Waals surface area (Å²) in [5.74, 6) is 1.09. The van der Waals surface area contributed by atoms with Crippen molar-refractivity contribution in [2.45, 2.75) is 46.3 Å². The van der Waals surface area contributed by atoms with Crippen LogP contribution >= 0.6 is 0 Å². The second-order valence-electron chi connectivity index (χ2n) is 6.61. The molecule has 0 aliphatic carbocycles. The average molecular weight is 305 g/mol. The highest BCUT2D eigenvalue weighted by molar-refractivity contribution is 6.20. The number of fused-ring (bicyclic) bond motifs is 6. The van der Waals surface area contributed by atoms with Crippen LogP contribution in [0.15, 0.2) is 47.6 Å². The summed E-state index contributed by atoms with van der Waals surface area (Å²) in [7, 11) is 0. The first-order chi connectivity index (χ1) is 11.1. The Morgan fingerprint density at radius 3 is 2.39 bits per heavy atom. The Balaban J connectivity index is 2.03. The van der Waals surface area contributed by atoms with Gasteiger partial charge in [0, 0.05) is 17.2 Å². The third kappa shape index (κ3) is 1.92.